The molecule has 0 amide bonds. The Morgan fingerprint density at radius 2 is 2.21 bits per heavy atom. The molecular weight excluding hydrogens is 354 g/mol. The highest BCUT2D eigenvalue weighted by molar-refractivity contribution is 9.10. The summed E-state index contributed by atoms with van der Waals surface area (Å²) in [6.45, 7) is 0.829. The van der Waals surface area contributed by atoms with E-state index < -0.39 is 0 Å². The van der Waals surface area contributed by atoms with Crippen LogP contribution in [0.15, 0.2) is 16.6 Å². The minimum Gasteiger partial charge on any atom is -0.378 e. The fraction of sp³-hybridized carbons (Fsp3) is 0.571. The molecule has 1 fully saturated rings. The molecule has 1 aliphatic heterocycles. The van der Waals surface area contributed by atoms with Crippen LogP contribution in [0.1, 0.15) is 43.0 Å². The third-order valence-electron chi connectivity index (χ3n) is 3.39. The zero-order valence-electron chi connectivity index (χ0n) is 10.5. The Morgan fingerprint density at radius 3 is 2.89 bits per heavy atom. The first-order valence-corrected chi connectivity index (χ1v) is 8.09. The van der Waals surface area contributed by atoms with Crippen LogP contribution in [-0.4, -0.2) is 12.7 Å². The predicted octanol–water partition coefficient (Wildman–Crippen LogP) is 5.87. The van der Waals surface area contributed by atoms with Gasteiger partial charge in [0, 0.05) is 16.6 Å². The van der Waals surface area contributed by atoms with E-state index in [1.807, 2.05) is 0 Å². The number of hydrogen-bond donors (Lipinski definition) is 0. The normalized spacial score (nSPS) is 21.4. The van der Waals surface area contributed by atoms with Crippen LogP contribution in [0, 0.1) is 5.82 Å². The van der Waals surface area contributed by atoms with Crippen LogP contribution >= 0.6 is 39.1 Å². The SMILES string of the molecule is Fc1cc(Br)c(Cl)cc1C(Cl)CCC1CCCCO1. The third-order valence-corrected chi connectivity index (χ3v) is 5.04. The van der Waals surface area contributed by atoms with Gasteiger partial charge < -0.3 is 4.74 Å². The van der Waals surface area contributed by atoms with E-state index in [0.717, 1.165) is 25.9 Å². The van der Waals surface area contributed by atoms with E-state index in [0.29, 0.717) is 21.5 Å². The summed E-state index contributed by atoms with van der Waals surface area (Å²) in [5.41, 5.74) is 0.464. The van der Waals surface area contributed by atoms with Gasteiger partial charge in [0.25, 0.3) is 0 Å². The molecule has 2 atom stereocenters. The largest absolute Gasteiger partial charge is 0.378 e. The van der Waals surface area contributed by atoms with Crippen molar-refractivity contribution in [1.29, 1.82) is 0 Å². The van der Waals surface area contributed by atoms with Gasteiger partial charge in [0.15, 0.2) is 0 Å². The van der Waals surface area contributed by atoms with Gasteiger partial charge in [-0.3, -0.25) is 0 Å². The van der Waals surface area contributed by atoms with Crippen LogP contribution in [-0.2, 0) is 4.74 Å². The second-order valence-electron chi connectivity index (χ2n) is 4.82. The van der Waals surface area contributed by atoms with E-state index >= 15 is 0 Å². The topological polar surface area (TPSA) is 9.23 Å². The van der Waals surface area contributed by atoms with Gasteiger partial charge in [0.1, 0.15) is 5.82 Å². The van der Waals surface area contributed by atoms with Crippen LogP contribution < -0.4 is 0 Å². The number of ether oxygens (including phenoxy) is 1. The van der Waals surface area contributed by atoms with E-state index in [4.69, 9.17) is 27.9 Å². The molecule has 1 heterocycles. The number of benzene rings is 1. The van der Waals surface area contributed by atoms with Crippen molar-refractivity contribution in [2.24, 2.45) is 0 Å². The fourth-order valence-electron chi connectivity index (χ4n) is 2.30. The second-order valence-corrected chi connectivity index (χ2v) is 6.61. The minimum atomic E-state index is -0.365. The van der Waals surface area contributed by atoms with Crippen molar-refractivity contribution in [2.45, 2.75) is 43.6 Å². The van der Waals surface area contributed by atoms with Crippen LogP contribution in [0.3, 0.4) is 0 Å². The van der Waals surface area contributed by atoms with Crippen LogP contribution in [0.4, 0.5) is 4.39 Å². The molecule has 0 aromatic heterocycles. The molecule has 2 unspecified atom stereocenters. The molecule has 0 N–H and O–H groups in total. The molecular formula is C14H16BrCl2FO. The number of halogens is 4. The first-order chi connectivity index (χ1) is 9.08. The van der Waals surface area contributed by atoms with E-state index in [-0.39, 0.29) is 17.3 Å². The smallest absolute Gasteiger partial charge is 0.129 e. The van der Waals surface area contributed by atoms with E-state index in [2.05, 4.69) is 15.9 Å². The third kappa shape index (κ3) is 4.32. The summed E-state index contributed by atoms with van der Waals surface area (Å²) in [5.74, 6) is -0.319. The molecule has 1 saturated heterocycles. The second kappa shape index (κ2) is 7.26. The van der Waals surface area contributed by atoms with E-state index in [1.165, 1.54) is 12.5 Å². The zero-order valence-corrected chi connectivity index (χ0v) is 13.6. The lowest BCUT2D eigenvalue weighted by Crippen LogP contribution is -2.19. The van der Waals surface area contributed by atoms with Crippen LogP contribution in [0.2, 0.25) is 5.02 Å². The van der Waals surface area contributed by atoms with Crippen molar-refractivity contribution in [3.63, 3.8) is 0 Å². The van der Waals surface area contributed by atoms with Crippen LogP contribution in [0.5, 0.6) is 0 Å². The summed E-state index contributed by atoms with van der Waals surface area (Å²) in [5, 5.41) is 0.118. The maximum atomic E-state index is 13.8. The summed E-state index contributed by atoms with van der Waals surface area (Å²) >= 11 is 15.5. The average molecular weight is 370 g/mol. The van der Waals surface area contributed by atoms with Gasteiger partial charge in [-0.2, -0.15) is 0 Å². The Hall–Kier alpha value is 0.170. The molecule has 106 valence electrons. The van der Waals surface area contributed by atoms with Gasteiger partial charge in [0.2, 0.25) is 0 Å². The first kappa shape index (κ1) is 15.6. The minimum absolute atomic E-state index is 0.268. The fourth-order valence-corrected chi connectivity index (χ4v) is 3.08. The Bertz CT molecular complexity index is 436. The molecule has 19 heavy (non-hydrogen) atoms. The van der Waals surface area contributed by atoms with Gasteiger partial charge in [0.05, 0.1) is 16.5 Å². The summed E-state index contributed by atoms with van der Waals surface area (Å²) in [4.78, 5) is 0. The molecule has 0 bridgehead atoms. The molecule has 0 spiro atoms. The van der Waals surface area contributed by atoms with E-state index in [1.54, 1.807) is 6.07 Å². The summed E-state index contributed by atoms with van der Waals surface area (Å²) in [6.07, 6.45) is 5.24. The quantitative estimate of drug-likeness (QED) is 0.476. The lowest BCUT2D eigenvalue weighted by atomic mass is 10.0. The van der Waals surface area contributed by atoms with Gasteiger partial charge in [-0.05, 0) is 60.2 Å². The zero-order chi connectivity index (χ0) is 13.8. The highest BCUT2D eigenvalue weighted by atomic mass is 79.9. The molecule has 1 nitrogen and oxygen atoms in total. The highest BCUT2D eigenvalue weighted by Crippen LogP contribution is 2.34. The van der Waals surface area contributed by atoms with Gasteiger partial charge in [-0.15, -0.1) is 11.6 Å². The Balaban J connectivity index is 1.95. The summed E-state index contributed by atoms with van der Waals surface area (Å²) < 4.78 is 20.0. The number of hydrogen-bond acceptors (Lipinski definition) is 1. The van der Waals surface area contributed by atoms with Crippen molar-refractivity contribution in [1.82, 2.24) is 0 Å². The van der Waals surface area contributed by atoms with Crippen LogP contribution in [0.25, 0.3) is 0 Å². The first-order valence-electron chi connectivity index (χ1n) is 6.48. The lowest BCUT2D eigenvalue weighted by molar-refractivity contribution is 0.00997. The molecule has 5 heteroatoms. The molecule has 1 aromatic rings. The molecule has 0 aliphatic carbocycles. The highest BCUT2D eigenvalue weighted by Gasteiger charge is 2.19. The summed E-state index contributed by atoms with van der Waals surface area (Å²) in [7, 11) is 0. The lowest BCUT2D eigenvalue weighted by Gasteiger charge is -2.23. The average Bonchev–Trinajstić information content (AvgIpc) is 2.41. The standard InChI is InChI=1S/C14H16BrCl2FO/c15-11-8-14(18)10(7-13(11)17)12(16)5-4-9-3-1-2-6-19-9/h7-9,12H,1-6H2. The predicted molar refractivity (Wildman–Crippen MR) is 80.5 cm³/mol. The van der Waals surface area contributed by atoms with Crippen molar-refractivity contribution in [3.05, 3.63) is 33.0 Å². The maximum absolute atomic E-state index is 13.8. The molecule has 1 aliphatic rings. The number of rotatable bonds is 4. The summed E-state index contributed by atoms with van der Waals surface area (Å²) in [6, 6.07) is 2.96. The van der Waals surface area contributed by atoms with Crippen molar-refractivity contribution in [3.8, 4) is 0 Å². The number of alkyl halides is 1. The Morgan fingerprint density at radius 1 is 1.42 bits per heavy atom. The Kier molecular flexibility index (Phi) is 5.94. The van der Waals surface area contributed by atoms with E-state index in [9.17, 15) is 4.39 Å². The molecule has 0 saturated carbocycles. The monoisotopic (exact) mass is 368 g/mol. The van der Waals surface area contributed by atoms with Gasteiger partial charge in [-0.25, -0.2) is 4.39 Å². The van der Waals surface area contributed by atoms with Crippen molar-refractivity contribution in [2.75, 3.05) is 6.61 Å². The maximum Gasteiger partial charge on any atom is 0.129 e. The molecule has 1 aromatic carbocycles. The Labute approximate surface area is 131 Å². The van der Waals surface area contributed by atoms with Gasteiger partial charge in [-0.1, -0.05) is 11.6 Å². The van der Waals surface area contributed by atoms with Crippen molar-refractivity contribution >= 4 is 39.1 Å². The molecule has 0 radical (unpaired) electrons. The molecule has 2 rings (SSSR count). The van der Waals surface area contributed by atoms with Crippen molar-refractivity contribution < 1.29 is 9.13 Å². The van der Waals surface area contributed by atoms with Gasteiger partial charge >= 0.3 is 0 Å².